The molecular weight excluding hydrogens is 412 g/mol. The Kier molecular flexibility index (Phi) is 7.54. The highest BCUT2D eigenvalue weighted by molar-refractivity contribution is 5.87. The van der Waals surface area contributed by atoms with Gasteiger partial charge in [0.25, 0.3) is 5.91 Å². The topological polar surface area (TPSA) is 125 Å². The number of anilines is 1. The molecule has 2 aromatic carbocycles. The van der Waals surface area contributed by atoms with Crippen molar-refractivity contribution < 1.29 is 25.0 Å². The smallest absolute Gasteiger partial charge is 0.318 e. The number of carbonyl (C=O) groups is 2. The Hall–Kier alpha value is -3.74. The lowest BCUT2D eigenvalue weighted by Crippen LogP contribution is -2.58. The summed E-state index contributed by atoms with van der Waals surface area (Å²) in [5, 5.41) is 30.2. The number of rotatable bonds is 4. The number of hydrogen-bond acceptors (Lipinski definition) is 6. The second kappa shape index (κ2) is 10.5. The normalized spacial score (nSPS) is 15.2. The molecular formula is C23H26N4O5. The number of phenolic OH excluding ortho intramolecular Hbond substituents is 1. The van der Waals surface area contributed by atoms with Gasteiger partial charge in [0.1, 0.15) is 11.8 Å². The summed E-state index contributed by atoms with van der Waals surface area (Å²) in [6.07, 6.45) is -1.15. The van der Waals surface area contributed by atoms with Gasteiger partial charge in [-0.2, -0.15) is 0 Å². The Morgan fingerprint density at radius 1 is 0.938 bits per heavy atom. The average Bonchev–Trinajstić information content (AvgIpc) is 2.82. The first kappa shape index (κ1) is 22.9. The van der Waals surface area contributed by atoms with Gasteiger partial charge >= 0.3 is 6.03 Å². The van der Waals surface area contributed by atoms with Crippen LogP contribution in [-0.4, -0.2) is 70.6 Å². The predicted molar refractivity (Wildman–Crippen MR) is 118 cm³/mol. The van der Waals surface area contributed by atoms with E-state index in [1.807, 2.05) is 24.3 Å². The number of carbonyl (C=O) groups excluding carboxylic acids is 2. The molecule has 3 amide bonds. The van der Waals surface area contributed by atoms with Crippen molar-refractivity contribution in [3.05, 3.63) is 59.7 Å². The molecule has 0 unspecified atom stereocenters. The third-order valence-corrected chi connectivity index (χ3v) is 5.17. The summed E-state index contributed by atoms with van der Waals surface area (Å²) in [6, 6.07) is 12.8. The van der Waals surface area contributed by atoms with Crippen molar-refractivity contribution in [2.45, 2.75) is 19.1 Å². The summed E-state index contributed by atoms with van der Waals surface area (Å²) < 4.78 is 0. The Bertz CT molecular complexity index is 988. The van der Waals surface area contributed by atoms with Crippen molar-refractivity contribution in [2.75, 3.05) is 31.1 Å². The highest BCUT2D eigenvalue weighted by atomic mass is 16.5. The van der Waals surface area contributed by atoms with Gasteiger partial charge in [-0.15, -0.1) is 0 Å². The summed E-state index contributed by atoms with van der Waals surface area (Å²) >= 11 is 0. The van der Waals surface area contributed by atoms with Crippen LogP contribution in [0.15, 0.2) is 48.5 Å². The van der Waals surface area contributed by atoms with E-state index >= 15 is 0 Å². The van der Waals surface area contributed by atoms with E-state index in [0.29, 0.717) is 26.2 Å². The van der Waals surface area contributed by atoms with E-state index in [0.717, 1.165) is 16.8 Å². The molecule has 5 N–H and O–H groups in total. The lowest BCUT2D eigenvalue weighted by Gasteiger charge is -2.36. The SMILES string of the molecule is C[C@@H](O)[C@@H](NC(=O)N1CCN(c2ccc(C#Cc3ccc(O)cc3)cc2)CC1)C(=O)NO. The molecule has 9 nitrogen and oxygen atoms in total. The molecule has 0 radical (unpaired) electrons. The second-order valence-corrected chi connectivity index (χ2v) is 7.46. The lowest BCUT2D eigenvalue weighted by molar-refractivity contribution is -0.133. The van der Waals surface area contributed by atoms with Gasteiger partial charge in [-0.05, 0) is 55.5 Å². The predicted octanol–water partition coefficient (Wildman–Crippen LogP) is 0.878. The van der Waals surface area contributed by atoms with Gasteiger partial charge < -0.3 is 25.3 Å². The minimum absolute atomic E-state index is 0.205. The third kappa shape index (κ3) is 5.91. The van der Waals surface area contributed by atoms with Gasteiger partial charge in [0, 0.05) is 43.0 Å². The fraction of sp³-hybridized carbons (Fsp3) is 0.304. The van der Waals surface area contributed by atoms with Crippen LogP contribution in [0.4, 0.5) is 10.5 Å². The zero-order chi connectivity index (χ0) is 23.1. The number of hydrogen-bond donors (Lipinski definition) is 5. The molecule has 3 rings (SSSR count). The Labute approximate surface area is 186 Å². The molecule has 32 heavy (non-hydrogen) atoms. The number of aliphatic hydroxyl groups excluding tert-OH is 1. The van der Waals surface area contributed by atoms with Crippen LogP contribution in [0.1, 0.15) is 18.1 Å². The minimum Gasteiger partial charge on any atom is -0.508 e. The van der Waals surface area contributed by atoms with Crippen molar-refractivity contribution in [2.24, 2.45) is 0 Å². The van der Waals surface area contributed by atoms with Gasteiger partial charge in [-0.25, -0.2) is 10.3 Å². The average molecular weight is 438 g/mol. The number of phenols is 1. The van der Waals surface area contributed by atoms with Gasteiger partial charge in [0.15, 0.2) is 0 Å². The number of urea groups is 1. The molecule has 1 aliphatic rings. The van der Waals surface area contributed by atoms with Crippen molar-refractivity contribution >= 4 is 17.6 Å². The van der Waals surface area contributed by atoms with Crippen LogP contribution in [0.2, 0.25) is 0 Å². The summed E-state index contributed by atoms with van der Waals surface area (Å²) in [5.74, 6) is 5.47. The Morgan fingerprint density at radius 2 is 1.47 bits per heavy atom. The molecule has 0 saturated carbocycles. The largest absolute Gasteiger partial charge is 0.508 e. The van der Waals surface area contributed by atoms with Crippen LogP contribution in [0.25, 0.3) is 0 Å². The van der Waals surface area contributed by atoms with Crippen LogP contribution in [0.5, 0.6) is 5.75 Å². The number of amides is 3. The van der Waals surface area contributed by atoms with E-state index in [1.54, 1.807) is 29.2 Å². The Morgan fingerprint density at radius 3 is 1.97 bits per heavy atom. The summed E-state index contributed by atoms with van der Waals surface area (Å²) in [5.41, 5.74) is 4.15. The van der Waals surface area contributed by atoms with Crippen molar-refractivity contribution in [3.8, 4) is 17.6 Å². The first-order valence-electron chi connectivity index (χ1n) is 10.2. The van der Waals surface area contributed by atoms with Crippen LogP contribution in [-0.2, 0) is 4.79 Å². The third-order valence-electron chi connectivity index (χ3n) is 5.17. The lowest BCUT2D eigenvalue weighted by atomic mass is 10.1. The molecule has 9 heteroatoms. The standard InChI is InChI=1S/C23H26N4O5/c1-16(28)21(22(30)25-32)24-23(31)27-14-12-26(13-15-27)19-8-4-17(5-9-19)2-3-18-6-10-20(29)11-7-18/h4-11,16,21,28-29,32H,12-15H2,1H3,(H,24,31)(H,25,30)/t16-,21-/m1/s1. The van der Waals surface area contributed by atoms with E-state index in [1.165, 1.54) is 12.4 Å². The fourth-order valence-electron chi connectivity index (χ4n) is 3.31. The zero-order valence-electron chi connectivity index (χ0n) is 17.7. The van der Waals surface area contributed by atoms with E-state index in [2.05, 4.69) is 22.1 Å². The number of hydroxylamine groups is 1. The monoisotopic (exact) mass is 438 g/mol. The van der Waals surface area contributed by atoms with Crippen molar-refractivity contribution in [3.63, 3.8) is 0 Å². The number of nitrogens with one attached hydrogen (secondary N) is 2. The van der Waals surface area contributed by atoms with Crippen LogP contribution < -0.4 is 15.7 Å². The number of nitrogens with zero attached hydrogens (tertiary/aromatic N) is 2. The Balaban J connectivity index is 1.54. The number of aliphatic hydroxyl groups is 1. The van der Waals surface area contributed by atoms with Crippen molar-refractivity contribution in [1.29, 1.82) is 0 Å². The highest BCUT2D eigenvalue weighted by Gasteiger charge is 2.29. The number of piperazine rings is 1. The molecule has 1 fully saturated rings. The quantitative estimate of drug-likeness (QED) is 0.274. The van der Waals surface area contributed by atoms with Crippen LogP contribution in [0, 0.1) is 11.8 Å². The minimum atomic E-state index is -1.24. The molecule has 0 bridgehead atoms. The van der Waals surface area contributed by atoms with E-state index in [-0.39, 0.29) is 5.75 Å². The van der Waals surface area contributed by atoms with Crippen LogP contribution in [0.3, 0.4) is 0 Å². The van der Waals surface area contributed by atoms with E-state index in [4.69, 9.17) is 5.21 Å². The van der Waals surface area contributed by atoms with Gasteiger partial charge in [0.2, 0.25) is 0 Å². The fourth-order valence-corrected chi connectivity index (χ4v) is 3.31. The molecule has 2 atom stereocenters. The van der Waals surface area contributed by atoms with Gasteiger partial charge in [-0.3, -0.25) is 10.0 Å². The number of benzene rings is 2. The summed E-state index contributed by atoms with van der Waals surface area (Å²) in [7, 11) is 0. The van der Waals surface area contributed by atoms with Crippen LogP contribution >= 0.6 is 0 Å². The summed E-state index contributed by atoms with van der Waals surface area (Å²) in [6.45, 7) is 3.47. The molecule has 1 aliphatic heterocycles. The molecule has 0 aromatic heterocycles. The molecule has 0 spiro atoms. The molecule has 168 valence electrons. The number of aromatic hydroxyl groups is 1. The maximum absolute atomic E-state index is 12.4. The second-order valence-electron chi connectivity index (χ2n) is 7.46. The zero-order valence-corrected chi connectivity index (χ0v) is 17.7. The first-order valence-corrected chi connectivity index (χ1v) is 10.2. The first-order chi connectivity index (χ1) is 15.4. The molecule has 0 aliphatic carbocycles. The van der Waals surface area contributed by atoms with Gasteiger partial charge in [0.05, 0.1) is 6.10 Å². The molecule has 1 saturated heterocycles. The molecule has 1 heterocycles. The van der Waals surface area contributed by atoms with E-state index in [9.17, 15) is 19.8 Å². The van der Waals surface area contributed by atoms with E-state index < -0.39 is 24.1 Å². The maximum Gasteiger partial charge on any atom is 0.318 e. The highest BCUT2D eigenvalue weighted by Crippen LogP contribution is 2.17. The van der Waals surface area contributed by atoms with Gasteiger partial charge in [-0.1, -0.05) is 11.8 Å². The van der Waals surface area contributed by atoms with Crippen molar-refractivity contribution in [1.82, 2.24) is 15.7 Å². The summed E-state index contributed by atoms with van der Waals surface area (Å²) in [4.78, 5) is 27.7. The molecule has 2 aromatic rings. The maximum atomic E-state index is 12.4.